The first-order chi connectivity index (χ1) is 20.3. The van der Waals surface area contributed by atoms with Crippen molar-refractivity contribution in [2.75, 3.05) is 37.7 Å². The molecule has 2 aliphatic rings. The number of hydrogen-bond donors (Lipinski definition) is 2. The van der Waals surface area contributed by atoms with Gasteiger partial charge in [-0.25, -0.2) is 15.0 Å². The number of aromatic nitrogens is 4. The van der Waals surface area contributed by atoms with E-state index in [0.29, 0.717) is 36.3 Å². The van der Waals surface area contributed by atoms with Crippen molar-refractivity contribution in [3.8, 4) is 11.1 Å². The predicted molar refractivity (Wildman–Crippen MR) is 164 cm³/mol. The lowest BCUT2D eigenvalue weighted by Gasteiger charge is -2.18. The van der Waals surface area contributed by atoms with E-state index in [0.717, 1.165) is 46.4 Å². The lowest BCUT2D eigenvalue weighted by Crippen LogP contribution is -2.28. The highest BCUT2D eigenvalue weighted by molar-refractivity contribution is 6.05. The molecule has 1 saturated carbocycles. The van der Waals surface area contributed by atoms with Crippen molar-refractivity contribution in [2.24, 2.45) is 0 Å². The van der Waals surface area contributed by atoms with Crippen LogP contribution in [0.5, 0.6) is 0 Å². The van der Waals surface area contributed by atoms with E-state index in [-0.39, 0.29) is 17.9 Å². The molecule has 216 valence electrons. The van der Waals surface area contributed by atoms with Crippen LogP contribution in [0, 0.1) is 13.8 Å². The van der Waals surface area contributed by atoms with Gasteiger partial charge in [-0.3, -0.25) is 14.5 Å². The van der Waals surface area contributed by atoms with Crippen molar-refractivity contribution in [3.63, 3.8) is 0 Å². The third-order valence-electron chi connectivity index (χ3n) is 8.31. The summed E-state index contributed by atoms with van der Waals surface area (Å²) in [6.45, 7) is 6.08. The van der Waals surface area contributed by atoms with Crippen molar-refractivity contribution in [1.82, 2.24) is 29.3 Å². The van der Waals surface area contributed by atoms with Crippen LogP contribution in [0.25, 0.3) is 22.2 Å². The molecule has 10 nitrogen and oxygen atoms in total. The fraction of sp³-hybridized carbons (Fsp3) is 0.344. The Labute approximate surface area is 245 Å². The molecule has 0 bridgehead atoms. The molecule has 42 heavy (non-hydrogen) atoms. The molecule has 1 aliphatic heterocycles. The first-order valence-electron chi connectivity index (χ1n) is 14.4. The first-order valence-corrected chi connectivity index (χ1v) is 14.4. The summed E-state index contributed by atoms with van der Waals surface area (Å²) in [5.41, 5.74) is 11.6. The van der Waals surface area contributed by atoms with E-state index < -0.39 is 0 Å². The number of anilines is 2. The minimum Gasteiger partial charge on any atom is -0.383 e. The van der Waals surface area contributed by atoms with Gasteiger partial charge in [-0.2, -0.15) is 0 Å². The van der Waals surface area contributed by atoms with Gasteiger partial charge in [0.15, 0.2) is 0 Å². The maximum Gasteiger partial charge on any atom is 0.256 e. The molecule has 4 heterocycles. The minimum atomic E-state index is -0.231. The van der Waals surface area contributed by atoms with Crippen LogP contribution in [0.4, 0.5) is 11.6 Å². The van der Waals surface area contributed by atoms with Crippen molar-refractivity contribution >= 4 is 34.5 Å². The van der Waals surface area contributed by atoms with Crippen LogP contribution in [-0.2, 0) is 4.79 Å². The fourth-order valence-corrected chi connectivity index (χ4v) is 5.90. The number of aryl methyl sites for hydroxylation is 1. The van der Waals surface area contributed by atoms with Gasteiger partial charge >= 0.3 is 0 Å². The van der Waals surface area contributed by atoms with Crippen LogP contribution in [0.2, 0.25) is 0 Å². The summed E-state index contributed by atoms with van der Waals surface area (Å²) in [5.74, 6) is 0.724. The van der Waals surface area contributed by atoms with Gasteiger partial charge in [0.25, 0.3) is 5.91 Å². The second-order valence-corrected chi connectivity index (χ2v) is 11.3. The number of carbonyl (C=O) groups excluding carboxylic acids is 2. The number of fused-ring (bicyclic) bond motifs is 1. The summed E-state index contributed by atoms with van der Waals surface area (Å²) in [7, 11) is 2.11. The number of nitrogens with one attached hydrogen (secondary N) is 1. The number of carbonyl (C=O) groups is 2. The van der Waals surface area contributed by atoms with E-state index >= 15 is 0 Å². The third-order valence-corrected chi connectivity index (χ3v) is 8.31. The molecule has 0 unspecified atom stereocenters. The fourth-order valence-electron chi connectivity index (χ4n) is 5.90. The number of benzene rings is 1. The van der Waals surface area contributed by atoms with Crippen molar-refractivity contribution in [1.29, 1.82) is 0 Å². The number of nitrogens with zero attached hydrogens (tertiary/aromatic N) is 6. The molecule has 1 atom stereocenters. The number of nitrogen functional groups attached to an aromatic ring is 1. The predicted octanol–water partition coefficient (Wildman–Crippen LogP) is 4.37. The Morgan fingerprint density at radius 2 is 1.88 bits per heavy atom. The van der Waals surface area contributed by atoms with Gasteiger partial charge in [0.1, 0.15) is 23.6 Å². The van der Waals surface area contributed by atoms with Crippen molar-refractivity contribution in [3.05, 3.63) is 77.9 Å². The highest BCUT2D eigenvalue weighted by Gasteiger charge is 2.31. The number of likely N-dealkylation sites (N-methyl/N-ethyl adjacent to an activating group) is 1. The van der Waals surface area contributed by atoms with Crippen LogP contribution in [-0.4, -0.2) is 73.9 Å². The summed E-state index contributed by atoms with van der Waals surface area (Å²) < 4.78 is 2.20. The quantitative estimate of drug-likeness (QED) is 0.305. The largest absolute Gasteiger partial charge is 0.383 e. The highest BCUT2D eigenvalue weighted by Crippen LogP contribution is 2.39. The van der Waals surface area contributed by atoms with Crippen molar-refractivity contribution in [2.45, 2.75) is 45.2 Å². The molecular weight excluding hydrogens is 528 g/mol. The molecule has 1 saturated heterocycles. The normalized spacial score (nSPS) is 17.0. The van der Waals surface area contributed by atoms with Crippen LogP contribution in [0.3, 0.4) is 0 Å². The zero-order valence-electron chi connectivity index (χ0n) is 24.2. The van der Waals surface area contributed by atoms with E-state index in [1.165, 1.54) is 19.2 Å². The van der Waals surface area contributed by atoms with Gasteiger partial charge in [0.05, 0.1) is 11.4 Å². The molecule has 6 rings (SSSR count). The molecule has 3 N–H and O–H groups in total. The molecule has 0 spiro atoms. The Morgan fingerprint density at radius 3 is 2.62 bits per heavy atom. The maximum atomic E-state index is 13.0. The van der Waals surface area contributed by atoms with E-state index in [1.54, 1.807) is 24.4 Å². The molecule has 4 aromatic rings. The topological polar surface area (TPSA) is 122 Å². The monoisotopic (exact) mass is 564 g/mol. The van der Waals surface area contributed by atoms with Gasteiger partial charge in [-0.15, -0.1) is 0 Å². The SMILES string of the molecule is Cc1ccnc(NC(=O)c2ccc(-c3c(C)n([C@@H]4CCN(C(=O)C=CCN(C)C5CC5)C4)c4ncnc(N)c34)cc2)c1. The Hall–Kier alpha value is -4.57. The maximum absolute atomic E-state index is 13.0. The number of likely N-dealkylation sites (tertiary alicyclic amines) is 1. The summed E-state index contributed by atoms with van der Waals surface area (Å²) in [6, 6.07) is 11.9. The molecule has 0 radical (unpaired) electrons. The molecular formula is C32H36N8O2. The third kappa shape index (κ3) is 5.49. The Bertz CT molecular complexity index is 1670. The molecule has 2 fully saturated rings. The number of rotatable bonds is 8. The van der Waals surface area contributed by atoms with E-state index in [4.69, 9.17) is 5.73 Å². The van der Waals surface area contributed by atoms with Gasteiger partial charge in [-0.1, -0.05) is 18.2 Å². The molecule has 1 aliphatic carbocycles. The highest BCUT2D eigenvalue weighted by atomic mass is 16.2. The molecule has 1 aromatic carbocycles. The summed E-state index contributed by atoms with van der Waals surface area (Å²) >= 11 is 0. The zero-order valence-corrected chi connectivity index (χ0v) is 24.2. The van der Waals surface area contributed by atoms with Crippen LogP contribution in [0.15, 0.2) is 61.1 Å². The second kappa shape index (κ2) is 11.4. The average Bonchev–Trinajstić information content (AvgIpc) is 3.64. The number of hydrogen-bond acceptors (Lipinski definition) is 7. The van der Waals surface area contributed by atoms with Gasteiger partial charge in [0, 0.05) is 54.8 Å². The van der Waals surface area contributed by atoms with Crippen molar-refractivity contribution < 1.29 is 9.59 Å². The van der Waals surface area contributed by atoms with E-state index in [2.05, 4.69) is 43.7 Å². The first kappa shape index (κ1) is 27.6. The summed E-state index contributed by atoms with van der Waals surface area (Å²) in [6.07, 6.45) is 10.2. The lowest BCUT2D eigenvalue weighted by atomic mass is 10.0. The summed E-state index contributed by atoms with van der Waals surface area (Å²) in [5, 5.41) is 3.64. The van der Waals surface area contributed by atoms with E-state index in [1.807, 2.05) is 42.2 Å². The smallest absolute Gasteiger partial charge is 0.256 e. The summed E-state index contributed by atoms with van der Waals surface area (Å²) in [4.78, 5) is 43.2. The zero-order chi connectivity index (χ0) is 29.4. The molecule has 2 amide bonds. The molecule has 10 heteroatoms. The Balaban J connectivity index is 1.24. The lowest BCUT2D eigenvalue weighted by molar-refractivity contribution is -0.125. The number of amides is 2. The minimum absolute atomic E-state index is 0.0416. The van der Waals surface area contributed by atoms with Gasteiger partial charge in [-0.05, 0) is 75.5 Å². The number of pyridine rings is 1. The van der Waals surface area contributed by atoms with Crippen LogP contribution >= 0.6 is 0 Å². The van der Waals surface area contributed by atoms with Crippen LogP contribution < -0.4 is 11.1 Å². The Morgan fingerprint density at radius 1 is 1.10 bits per heavy atom. The van der Waals surface area contributed by atoms with Gasteiger partial charge in [0.2, 0.25) is 5.91 Å². The van der Waals surface area contributed by atoms with E-state index in [9.17, 15) is 9.59 Å². The second-order valence-electron chi connectivity index (χ2n) is 11.3. The molecule has 3 aromatic heterocycles. The van der Waals surface area contributed by atoms with Crippen LogP contribution in [0.1, 0.15) is 46.9 Å². The van der Waals surface area contributed by atoms with Gasteiger partial charge < -0.3 is 20.5 Å². The average molecular weight is 565 g/mol. The standard InChI is InChI=1S/C32H36N8O2/c1-20-12-14-34-26(17-20)37-32(42)23-8-6-22(7-9-23)28-21(2)40(31-29(28)30(33)35-19-36-31)25-13-16-39(18-25)27(41)5-4-15-38(3)24-10-11-24/h4-9,12,14,17,19,24-25H,10-11,13,15-16,18H2,1-3H3,(H2,33,35,36)(H,34,37,42)/t25-/m1/s1. The Kier molecular flexibility index (Phi) is 7.47. The number of nitrogens with two attached hydrogens (primary N) is 1.